The second-order valence-corrected chi connectivity index (χ2v) is 4.26. The molecule has 0 bridgehead atoms. The van der Waals surface area contributed by atoms with E-state index in [1.807, 2.05) is 0 Å². The molecule has 0 aliphatic heterocycles. The predicted molar refractivity (Wildman–Crippen MR) is 73.0 cm³/mol. The van der Waals surface area contributed by atoms with Gasteiger partial charge >= 0.3 is 11.4 Å². The first-order chi connectivity index (χ1) is 9.51. The van der Waals surface area contributed by atoms with Crippen molar-refractivity contribution < 1.29 is 4.92 Å². The van der Waals surface area contributed by atoms with E-state index in [0.29, 0.717) is 16.5 Å². The maximum Gasteiger partial charge on any atom is 0.348 e. The quantitative estimate of drug-likeness (QED) is 0.673. The Kier molecular flexibility index (Phi) is 3.94. The van der Waals surface area contributed by atoms with Crippen molar-refractivity contribution in [2.24, 2.45) is 0 Å². The number of nitro groups is 1. The highest BCUT2D eigenvalue weighted by molar-refractivity contribution is 6.31. The molecule has 104 valence electrons. The van der Waals surface area contributed by atoms with E-state index in [9.17, 15) is 14.9 Å². The fraction of sp³-hybridized carbons (Fsp3) is 0.182. The van der Waals surface area contributed by atoms with Gasteiger partial charge in [-0.15, -0.1) is 0 Å². The number of anilines is 1. The summed E-state index contributed by atoms with van der Waals surface area (Å²) in [5, 5.41) is 13.9. The summed E-state index contributed by atoms with van der Waals surface area (Å²) >= 11 is 6.00. The van der Waals surface area contributed by atoms with Crippen LogP contribution in [0, 0.1) is 10.1 Å². The normalized spacial score (nSPS) is 10.3. The highest BCUT2D eigenvalue weighted by Crippen LogP contribution is 2.17. The summed E-state index contributed by atoms with van der Waals surface area (Å²) in [7, 11) is 1.70. The zero-order valence-corrected chi connectivity index (χ0v) is 11.2. The molecule has 20 heavy (non-hydrogen) atoms. The molecule has 0 aromatic carbocycles. The lowest BCUT2D eigenvalue weighted by atomic mass is 10.3. The van der Waals surface area contributed by atoms with Crippen LogP contribution < -0.4 is 11.0 Å². The van der Waals surface area contributed by atoms with Crippen molar-refractivity contribution in [2.45, 2.75) is 6.54 Å². The van der Waals surface area contributed by atoms with Crippen molar-refractivity contribution in [3.05, 3.63) is 55.8 Å². The minimum Gasteiger partial charge on any atom is -0.373 e. The molecule has 0 saturated heterocycles. The highest BCUT2D eigenvalue weighted by atomic mass is 35.5. The summed E-state index contributed by atoms with van der Waals surface area (Å²) in [4.78, 5) is 29.3. The average molecular weight is 296 g/mol. The summed E-state index contributed by atoms with van der Waals surface area (Å²) in [6.45, 7) is 0.00185. The van der Waals surface area contributed by atoms with E-state index in [4.69, 9.17) is 11.6 Å². The molecule has 0 atom stereocenters. The van der Waals surface area contributed by atoms with Gasteiger partial charge in [0.1, 0.15) is 12.0 Å². The number of halogens is 1. The second-order valence-electron chi connectivity index (χ2n) is 3.85. The Morgan fingerprint density at radius 2 is 2.25 bits per heavy atom. The Morgan fingerprint density at radius 3 is 2.90 bits per heavy atom. The van der Waals surface area contributed by atoms with Gasteiger partial charge in [0.05, 0.1) is 28.4 Å². The van der Waals surface area contributed by atoms with E-state index in [1.165, 1.54) is 0 Å². The zero-order chi connectivity index (χ0) is 14.7. The van der Waals surface area contributed by atoms with Crippen LogP contribution in [-0.2, 0) is 6.54 Å². The van der Waals surface area contributed by atoms with Gasteiger partial charge < -0.3 is 5.32 Å². The van der Waals surface area contributed by atoms with Gasteiger partial charge in [0.25, 0.3) is 0 Å². The minimum atomic E-state index is -0.623. The topological polar surface area (TPSA) is 103 Å². The Morgan fingerprint density at radius 1 is 1.50 bits per heavy atom. The van der Waals surface area contributed by atoms with Crippen LogP contribution in [0.3, 0.4) is 0 Å². The minimum absolute atomic E-state index is 0.00185. The van der Waals surface area contributed by atoms with Crippen LogP contribution in [0.1, 0.15) is 5.69 Å². The van der Waals surface area contributed by atoms with E-state index in [0.717, 1.165) is 17.0 Å². The molecule has 0 fully saturated rings. The van der Waals surface area contributed by atoms with Crippen LogP contribution in [-0.4, -0.2) is 26.5 Å². The lowest BCUT2D eigenvalue weighted by Crippen LogP contribution is -2.23. The number of aromatic nitrogens is 3. The number of pyridine rings is 1. The first-order valence-electron chi connectivity index (χ1n) is 5.55. The van der Waals surface area contributed by atoms with Crippen molar-refractivity contribution >= 4 is 23.1 Å². The van der Waals surface area contributed by atoms with Gasteiger partial charge in [0, 0.05) is 7.05 Å². The molecule has 2 aromatic rings. The number of nitrogens with zero attached hydrogens (tertiary/aromatic N) is 4. The van der Waals surface area contributed by atoms with Crippen LogP contribution >= 0.6 is 11.6 Å². The SMILES string of the molecule is CNc1ccc(Cl)c(Cn2cc([N+](=O)[O-])cnc2=O)n1. The van der Waals surface area contributed by atoms with Gasteiger partial charge in [0.15, 0.2) is 0 Å². The smallest absolute Gasteiger partial charge is 0.348 e. The Bertz CT molecular complexity index is 715. The molecule has 1 N–H and O–H groups in total. The third kappa shape index (κ3) is 2.91. The first-order valence-corrected chi connectivity index (χ1v) is 5.93. The molecular formula is C11H10ClN5O3. The zero-order valence-electron chi connectivity index (χ0n) is 10.4. The third-order valence-corrected chi connectivity index (χ3v) is 2.89. The Balaban J connectivity index is 2.41. The monoisotopic (exact) mass is 295 g/mol. The Labute approximate surface area is 118 Å². The highest BCUT2D eigenvalue weighted by Gasteiger charge is 2.11. The molecule has 9 heteroatoms. The van der Waals surface area contributed by atoms with Crippen molar-refractivity contribution in [3.8, 4) is 0 Å². The lowest BCUT2D eigenvalue weighted by molar-refractivity contribution is -0.385. The number of nitrogens with one attached hydrogen (secondary N) is 1. The van der Waals surface area contributed by atoms with E-state index >= 15 is 0 Å². The van der Waals surface area contributed by atoms with Gasteiger partial charge in [0.2, 0.25) is 0 Å². The maximum atomic E-state index is 11.6. The van der Waals surface area contributed by atoms with Crippen molar-refractivity contribution in [1.29, 1.82) is 0 Å². The molecular weight excluding hydrogens is 286 g/mol. The predicted octanol–water partition coefficient (Wildman–Crippen LogP) is 1.29. The molecule has 0 aliphatic rings. The van der Waals surface area contributed by atoms with E-state index in [1.54, 1.807) is 19.2 Å². The summed E-state index contributed by atoms with van der Waals surface area (Å²) in [6, 6.07) is 3.31. The van der Waals surface area contributed by atoms with Crippen molar-refractivity contribution in [1.82, 2.24) is 14.5 Å². The maximum absolute atomic E-state index is 11.6. The lowest BCUT2D eigenvalue weighted by Gasteiger charge is -2.08. The van der Waals surface area contributed by atoms with Gasteiger partial charge in [-0.1, -0.05) is 11.6 Å². The Hall–Kier alpha value is -2.48. The van der Waals surface area contributed by atoms with Crippen molar-refractivity contribution in [3.63, 3.8) is 0 Å². The van der Waals surface area contributed by atoms with E-state index in [-0.39, 0.29) is 12.2 Å². The second kappa shape index (κ2) is 5.66. The molecule has 0 spiro atoms. The van der Waals surface area contributed by atoms with Gasteiger partial charge in [-0.25, -0.2) is 9.78 Å². The van der Waals surface area contributed by atoms with Crippen LogP contribution in [0.2, 0.25) is 5.02 Å². The largest absolute Gasteiger partial charge is 0.373 e. The van der Waals surface area contributed by atoms with Gasteiger partial charge in [-0.2, -0.15) is 4.98 Å². The molecule has 0 aliphatic carbocycles. The molecule has 0 saturated carbocycles. The van der Waals surface area contributed by atoms with E-state index in [2.05, 4.69) is 15.3 Å². The standard InChI is InChI=1S/C11H10ClN5O3/c1-13-10-3-2-8(12)9(15-10)6-16-5-7(17(19)20)4-14-11(16)18/h2-5H,6H2,1H3,(H,13,15). The van der Waals surface area contributed by atoms with Gasteiger partial charge in [-0.3, -0.25) is 14.7 Å². The third-order valence-electron chi connectivity index (χ3n) is 2.55. The number of hydrogen-bond donors (Lipinski definition) is 1. The molecule has 2 heterocycles. The molecule has 0 unspecified atom stereocenters. The molecule has 2 rings (SSSR count). The fourth-order valence-electron chi connectivity index (χ4n) is 1.55. The van der Waals surface area contributed by atoms with Gasteiger partial charge in [-0.05, 0) is 12.1 Å². The summed E-state index contributed by atoms with van der Waals surface area (Å²) in [5.74, 6) is 0.579. The fourth-order valence-corrected chi connectivity index (χ4v) is 1.71. The van der Waals surface area contributed by atoms with E-state index < -0.39 is 10.6 Å². The molecule has 8 nitrogen and oxygen atoms in total. The van der Waals surface area contributed by atoms with Crippen LogP contribution in [0.15, 0.2) is 29.3 Å². The number of rotatable bonds is 4. The van der Waals surface area contributed by atoms with Crippen LogP contribution in [0.25, 0.3) is 0 Å². The molecule has 0 amide bonds. The first kappa shape index (κ1) is 13.9. The molecule has 2 aromatic heterocycles. The average Bonchev–Trinajstić information content (AvgIpc) is 2.43. The summed E-state index contributed by atoms with van der Waals surface area (Å²) in [6.07, 6.45) is 2.03. The summed E-state index contributed by atoms with van der Waals surface area (Å²) < 4.78 is 1.09. The molecule has 0 radical (unpaired) electrons. The van der Waals surface area contributed by atoms with Crippen LogP contribution in [0.5, 0.6) is 0 Å². The van der Waals surface area contributed by atoms with Crippen LogP contribution in [0.4, 0.5) is 11.5 Å². The summed E-state index contributed by atoms with van der Waals surface area (Å²) in [5.41, 5.74) is -0.461. The van der Waals surface area contributed by atoms with Crippen molar-refractivity contribution in [2.75, 3.05) is 12.4 Å². The number of hydrogen-bond acceptors (Lipinski definition) is 6.